The minimum absolute atomic E-state index is 0.713. The van der Waals surface area contributed by atoms with Gasteiger partial charge in [-0.3, -0.25) is 4.90 Å². The zero-order chi connectivity index (χ0) is 8.81. The second kappa shape index (κ2) is 5.55. The third kappa shape index (κ3) is 2.76. The molecule has 1 aliphatic heterocycles. The predicted octanol–water partition coefficient (Wildman–Crippen LogP) is 1.90. The van der Waals surface area contributed by atoms with Gasteiger partial charge in [-0.05, 0) is 32.4 Å². The lowest BCUT2D eigenvalue weighted by Crippen LogP contribution is -2.36. The summed E-state index contributed by atoms with van der Waals surface area (Å²) in [6, 6.07) is 0.713. The van der Waals surface area contributed by atoms with Gasteiger partial charge in [0.2, 0.25) is 0 Å². The van der Waals surface area contributed by atoms with Gasteiger partial charge in [-0.1, -0.05) is 13.8 Å². The summed E-state index contributed by atoms with van der Waals surface area (Å²) in [4.78, 5) is 2.58. The van der Waals surface area contributed by atoms with E-state index in [4.69, 9.17) is 4.74 Å². The van der Waals surface area contributed by atoms with Crippen LogP contribution in [0.15, 0.2) is 0 Å². The molecule has 0 bridgehead atoms. The van der Waals surface area contributed by atoms with Crippen LogP contribution < -0.4 is 0 Å². The highest BCUT2D eigenvalue weighted by molar-refractivity contribution is 4.74. The fourth-order valence-electron chi connectivity index (χ4n) is 1.86. The van der Waals surface area contributed by atoms with E-state index in [1.54, 1.807) is 0 Å². The first kappa shape index (κ1) is 10.0. The molecule has 0 aromatic rings. The Hall–Kier alpha value is -0.0800. The van der Waals surface area contributed by atoms with E-state index in [1.807, 2.05) is 0 Å². The van der Waals surface area contributed by atoms with Crippen LogP contribution in [0.2, 0.25) is 0 Å². The van der Waals surface area contributed by atoms with Gasteiger partial charge in [-0.15, -0.1) is 0 Å². The van der Waals surface area contributed by atoms with Crippen molar-refractivity contribution in [2.75, 3.05) is 26.3 Å². The molecule has 1 rings (SSSR count). The Bertz CT molecular complexity index is 104. The molecule has 12 heavy (non-hydrogen) atoms. The molecule has 0 aliphatic carbocycles. The molecule has 0 N–H and O–H groups in total. The van der Waals surface area contributed by atoms with Crippen LogP contribution in [0.4, 0.5) is 0 Å². The van der Waals surface area contributed by atoms with Gasteiger partial charge in [-0.2, -0.15) is 0 Å². The van der Waals surface area contributed by atoms with Gasteiger partial charge in [0.05, 0.1) is 6.61 Å². The average Bonchev–Trinajstić information content (AvgIpc) is 2.56. The van der Waals surface area contributed by atoms with Crippen molar-refractivity contribution in [1.82, 2.24) is 4.90 Å². The van der Waals surface area contributed by atoms with Crippen LogP contribution in [-0.4, -0.2) is 37.2 Å². The standard InChI is InChI=1S/C10H21NO/c1-3-6-11(7-4-2)10-5-8-12-9-10/h10H,3-9H2,1-2H3. The van der Waals surface area contributed by atoms with Crippen LogP contribution in [0.3, 0.4) is 0 Å². The van der Waals surface area contributed by atoms with Crippen molar-refractivity contribution < 1.29 is 4.74 Å². The van der Waals surface area contributed by atoms with Gasteiger partial charge in [0, 0.05) is 12.6 Å². The summed E-state index contributed by atoms with van der Waals surface area (Å²) in [5.74, 6) is 0. The van der Waals surface area contributed by atoms with Gasteiger partial charge in [0.15, 0.2) is 0 Å². The maximum atomic E-state index is 5.39. The number of rotatable bonds is 5. The van der Waals surface area contributed by atoms with Crippen molar-refractivity contribution >= 4 is 0 Å². The molecule has 1 aliphatic rings. The molecule has 1 fully saturated rings. The van der Waals surface area contributed by atoms with E-state index < -0.39 is 0 Å². The summed E-state index contributed by atoms with van der Waals surface area (Å²) >= 11 is 0. The molecular formula is C10H21NO. The Labute approximate surface area is 75.9 Å². The molecule has 0 spiro atoms. The minimum atomic E-state index is 0.713. The lowest BCUT2D eigenvalue weighted by Gasteiger charge is -2.26. The predicted molar refractivity (Wildman–Crippen MR) is 51.4 cm³/mol. The smallest absolute Gasteiger partial charge is 0.0622 e. The van der Waals surface area contributed by atoms with Crippen LogP contribution >= 0.6 is 0 Å². The Morgan fingerprint density at radius 1 is 1.25 bits per heavy atom. The molecule has 0 saturated carbocycles. The monoisotopic (exact) mass is 171 g/mol. The van der Waals surface area contributed by atoms with Gasteiger partial charge in [-0.25, -0.2) is 0 Å². The molecular weight excluding hydrogens is 150 g/mol. The van der Waals surface area contributed by atoms with Gasteiger partial charge in [0.1, 0.15) is 0 Å². The number of nitrogens with zero attached hydrogens (tertiary/aromatic N) is 1. The largest absolute Gasteiger partial charge is 0.380 e. The summed E-state index contributed by atoms with van der Waals surface area (Å²) < 4.78 is 5.39. The number of hydrogen-bond acceptors (Lipinski definition) is 2. The number of hydrogen-bond donors (Lipinski definition) is 0. The highest BCUT2D eigenvalue weighted by atomic mass is 16.5. The van der Waals surface area contributed by atoms with Gasteiger partial charge < -0.3 is 4.74 Å². The summed E-state index contributed by atoms with van der Waals surface area (Å²) in [5.41, 5.74) is 0. The molecule has 2 nitrogen and oxygen atoms in total. The van der Waals surface area contributed by atoms with Gasteiger partial charge >= 0.3 is 0 Å². The molecule has 2 heteroatoms. The van der Waals surface area contributed by atoms with Crippen LogP contribution in [0.1, 0.15) is 33.1 Å². The third-order valence-corrected chi connectivity index (χ3v) is 2.44. The van der Waals surface area contributed by atoms with Crippen LogP contribution in [0, 0.1) is 0 Å². The zero-order valence-corrected chi connectivity index (χ0v) is 8.38. The van der Waals surface area contributed by atoms with Crippen molar-refractivity contribution in [3.05, 3.63) is 0 Å². The maximum Gasteiger partial charge on any atom is 0.0622 e. The molecule has 0 aromatic heterocycles. The Kier molecular flexibility index (Phi) is 4.62. The first-order chi connectivity index (χ1) is 5.88. The van der Waals surface area contributed by atoms with Crippen molar-refractivity contribution in [3.8, 4) is 0 Å². The van der Waals surface area contributed by atoms with E-state index in [0.717, 1.165) is 13.2 Å². The second-order valence-electron chi connectivity index (χ2n) is 3.55. The summed E-state index contributed by atoms with van der Waals surface area (Å²) in [7, 11) is 0. The quantitative estimate of drug-likeness (QED) is 0.626. The summed E-state index contributed by atoms with van der Waals surface area (Å²) in [5, 5.41) is 0. The van der Waals surface area contributed by atoms with Crippen molar-refractivity contribution in [2.24, 2.45) is 0 Å². The van der Waals surface area contributed by atoms with Crippen LogP contribution in [-0.2, 0) is 4.74 Å². The Balaban J connectivity index is 2.29. The molecule has 1 saturated heterocycles. The van der Waals surface area contributed by atoms with E-state index in [-0.39, 0.29) is 0 Å². The van der Waals surface area contributed by atoms with E-state index in [9.17, 15) is 0 Å². The van der Waals surface area contributed by atoms with E-state index in [1.165, 1.54) is 32.4 Å². The fourth-order valence-corrected chi connectivity index (χ4v) is 1.86. The zero-order valence-electron chi connectivity index (χ0n) is 8.38. The molecule has 72 valence electrons. The summed E-state index contributed by atoms with van der Waals surface area (Å²) in [6.45, 7) is 8.90. The van der Waals surface area contributed by atoms with Crippen LogP contribution in [0.5, 0.6) is 0 Å². The molecule has 0 aromatic carbocycles. The maximum absolute atomic E-state index is 5.39. The first-order valence-electron chi connectivity index (χ1n) is 5.20. The average molecular weight is 171 g/mol. The van der Waals surface area contributed by atoms with Crippen molar-refractivity contribution in [1.29, 1.82) is 0 Å². The molecule has 0 amide bonds. The Morgan fingerprint density at radius 2 is 1.92 bits per heavy atom. The lowest BCUT2D eigenvalue weighted by atomic mass is 10.2. The second-order valence-corrected chi connectivity index (χ2v) is 3.55. The van der Waals surface area contributed by atoms with Crippen LogP contribution in [0.25, 0.3) is 0 Å². The molecule has 1 heterocycles. The van der Waals surface area contributed by atoms with Crippen molar-refractivity contribution in [2.45, 2.75) is 39.2 Å². The normalized spacial score (nSPS) is 23.8. The lowest BCUT2D eigenvalue weighted by molar-refractivity contribution is 0.143. The highest BCUT2D eigenvalue weighted by Gasteiger charge is 2.21. The van der Waals surface area contributed by atoms with E-state index in [0.29, 0.717) is 6.04 Å². The van der Waals surface area contributed by atoms with E-state index >= 15 is 0 Å². The number of ether oxygens (including phenoxy) is 1. The highest BCUT2D eigenvalue weighted by Crippen LogP contribution is 2.12. The van der Waals surface area contributed by atoms with Gasteiger partial charge in [0.25, 0.3) is 0 Å². The SMILES string of the molecule is CCCN(CCC)C1CCOC1. The molecule has 1 unspecified atom stereocenters. The van der Waals surface area contributed by atoms with E-state index in [2.05, 4.69) is 18.7 Å². The topological polar surface area (TPSA) is 12.5 Å². The first-order valence-corrected chi connectivity index (χ1v) is 5.20. The molecule has 1 atom stereocenters. The summed E-state index contributed by atoms with van der Waals surface area (Å²) in [6.07, 6.45) is 3.76. The Morgan fingerprint density at radius 3 is 2.33 bits per heavy atom. The fraction of sp³-hybridized carbons (Fsp3) is 1.00. The minimum Gasteiger partial charge on any atom is -0.380 e. The van der Waals surface area contributed by atoms with Crippen molar-refractivity contribution in [3.63, 3.8) is 0 Å². The molecule has 0 radical (unpaired) electrons. The third-order valence-electron chi connectivity index (χ3n) is 2.44.